The Kier molecular flexibility index (Phi) is 6.14. The number of benzene rings is 1. The number of fused-ring (bicyclic) bond motifs is 6. The molecule has 0 radical (unpaired) electrons. The minimum absolute atomic E-state index is 0. The van der Waals surface area contributed by atoms with Crippen molar-refractivity contribution in [2.45, 2.75) is 37.8 Å². The number of nitrogens with one attached hydrogen (secondary N) is 2. The van der Waals surface area contributed by atoms with Crippen molar-refractivity contribution in [1.82, 2.24) is 24.8 Å². The zero-order chi connectivity index (χ0) is 22.7. The maximum absolute atomic E-state index is 13.2. The van der Waals surface area contributed by atoms with Gasteiger partial charge in [-0.05, 0) is 48.9 Å². The van der Waals surface area contributed by atoms with E-state index in [1.807, 2.05) is 12.1 Å². The second kappa shape index (κ2) is 8.96. The molecule has 1 aliphatic heterocycles. The Bertz CT molecular complexity index is 1510. The summed E-state index contributed by atoms with van der Waals surface area (Å²) in [5, 5.41) is 3.90. The maximum atomic E-state index is 13.2. The molecular formula is C23H23Cl2N5O3S. The van der Waals surface area contributed by atoms with Gasteiger partial charge in [0.15, 0.2) is 0 Å². The Balaban J connectivity index is 0.00000241. The quantitative estimate of drug-likeness (QED) is 0.427. The van der Waals surface area contributed by atoms with Crippen LogP contribution in [-0.4, -0.2) is 39.2 Å². The van der Waals surface area contributed by atoms with Crippen molar-refractivity contribution in [3.63, 3.8) is 0 Å². The number of methoxy groups -OCH3 is 1. The second-order valence-corrected chi connectivity index (χ2v) is 10.1. The van der Waals surface area contributed by atoms with Crippen LogP contribution in [-0.2, 0) is 13.0 Å². The van der Waals surface area contributed by atoms with E-state index in [9.17, 15) is 9.59 Å². The number of aromatic nitrogens is 4. The van der Waals surface area contributed by atoms with Crippen LogP contribution in [0.1, 0.15) is 29.9 Å². The number of thiophene rings is 1. The molecule has 8 nitrogen and oxygen atoms in total. The van der Waals surface area contributed by atoms with E-state index in [2.05, 4.69) is 26.3 Å². The SMILES string of the molecule is COc1cccc2c1CC[C@H]1CNC(CCn3c(=O)[nH]c4c(sc5nc(Cl)cnc54)c3=O)[C@@H]21.Cl. The lowest BCUT2D eigenvalue weighted by molar-refractivity contribution is 0.371. The number of rotatable bonds is 4. The molecule has 1 saturated heterocycles. The molecule has 3 atom stereocenters. The van der Waals surface area contributed by atoms with E-state index in [4.69, 9.17) is 16.3 Å². The van der Waals surface area contributed by atoms with Crippen LogP contribution in [0.15, 0.2) is 34.0 Å². The molecule has 0 saturated carbocycles. The Morgan fingerprint density at radius 3 is 3.00 bits per heavy atom. The summed E-state index contributed by atoms with van der Waals surface area (Å²) >= 11 is 7.15. The maximum Gasteiger partial charge on any atom is 0.328 e. The number of nitrogens with zero attached hydrogens (tertiary/aromatic N) is 3. The van der Waals surface area contributed by atoms with E-state index < -0.39 is 5.69 Å². The lowest BCUT2D eigenvalue weighted by Gasteiger charge is -2.32. The van der Waals surface area contributed by atoms with E-state index >= 15 is 0 Å². The summed E-state index contributed by atoms with van der Waals surface area (Å²) in [4.78, 5) is 37.9. The first-order valence-corrected chi connectivity index (χ1v) is 12.2. The van der Waals surface area contributed by atoms with Gasteiger partial charge in [0.05, 0.1) is 18.8 Å². The van der Waals surface area contributed by atoms with Gasteiger partial charge in [-0.25, -0.2) is 14.8 Å². The van der Waals surface area contributed by atoms with Gasteiger partial charge in [0.2, 0.25) is 0 Å². The highest BCUT2D eigenvalue weighted by Crippen LogP contribution is 2.45. The van der Waals surface area contributed by atoms with Crippen LogP contribution in [0.5, 0.6) is 5.75 Å². The van der Waals surface area contributed by atoms with Gasteiger partial charge in [-0.1, -0.05) is 23.7 Å². The summed E-state index contributed by atoms with van der Waals surface area (Å²) in [6.07, 6.45) is 4.22. The molecule has 0 spiro atoms. The summed E-state index contributed by atoms with van der Waals surface area (Å²) in [6, 6.07) is 6.45. The molecule has 1 aliphatic carbocycles. The molecule has 1 unspecified atom stereocenters. The molecule has 3 aromatic heterocycles. The molecule has 178 valence electrons. The highest BCUT2D eigenvalue weighted by atomic mass is 35.5. The van der Waals surface area contributed by atoms with Crippen LogP contribution in [0.4, 0.5) is 0 Å². The molecule has 11 heteroatoms. The third kappa shape index (κ3) is 3.62. The average molecular weight is 520 g/mol. The first-order chi connectivity index (χ1) is 16.0. The summed E-state index contributed by atoms with van der Waals surface area (Å²) in [5.41, 5.74) is 2.80. The molecule has 2 N–H and O–H groups in total. The molecule has 4 aromatic rings. The van der Waals surface area contributed by atoms with Crippen LogP contribution in [0.3, 0.4) is 0 Å². The van der Waals surface area contributed by atoms with Crippen molar-refractivity contribution in [1.29, 1.82) is 0 Å². The van der Waals surface area contributed by atoms with Crippen molar-refractivity contribution in [2.75, 3.05) is 13.7 Å². The number of aromatic amines is 1. The van der Waals surface area contributed by atoms with Crippen molar-refractivity contribution in [3.05, 3.63) is 61.5 Å². The molecule has 0 bridgehead atoms. The first-order valence-electron chi connectivity index (χ1n) is 11.0. The van der Waals surface area contributed by atoms with Gasteiger partial charge in [0.25, 0.3) is 5.56 Å². The van der Waals surface area contributed by atoms with Gasteiger partial charge in [0, 0.05) is 18.5 Å². The Labute approximate surface area is 209 Å². The monoisotopic (exact) mass is 519 g/mol. The Hall–Kier alpha value is -2.46. The largest absolute Gasteiger partial charge is 0.496 e. The van der Waals surface area contributed by atoms with Gasteiger partial charge >= 0.3 is 5.69 Å². The summed E-state index contributed by atoms with van der Waals surface area (Å²) in [6.45, 7) is 1.28. The number of hydrogen-bond acceptors (Lipinski definition) is 7. The zero-order valence-corrected chi connectivity index (χ0v) is 20.7. The smallest absolute Gasteiger partial charge is 0.328 e. The molecule has 1 aromatic carbocycles. The minimum atomic E-state index is -0.427. The van der Waals surface area contributed by atoms with Crippen molar-refractivity contribution >= 4 is 55.9 Å². The van der Waals surface area contributed by atoms with Crippen LogP contribution in [0.2, 0.25) is 5.15 Å². The van der Waals surface area contributed by atoms with Crippen LogP contribution in [0.25, 0.3) is 20.6 Å². The number of hydrogen-bond donors (Lipinski definition) is 2. The molecule has 2 aliphatic rings. The first kappa shape index (κ1) is 23.3. The van der Waals surface area contributed by atoms with Crippen molar-refractivity contribution < 1.29 is 4.74 Å². The highest BCUT2D eigenvalue weighted by Gasteiger charge is 2.40. The predicted octanol–water partition coefficient (Wildman–Crippen LogP) is 3.49. The van der Waals surface area contributed by atoms with Crippen LogP contribution < -0.4 is 21.3 Å². The fraction of sp³-hybridized carbons (Fsp3) is 0.391. The van der Waals surface area contributed by atoms with E-state index in [1.54, 1.807) is 7.11 Å². The third-order valence-electron chi connectivity index (χ3n) is 7.05. The lowest BCUT2D eigenvalue weighted by Crippen LogP contribution is -2.37. The fourth-order valence-electron chi connectivity index (χ4n) is 5.58. The standard InChI is InChI=1S/C23H22ClN5O3S.ClH/c1-32-15-4-2-3-13-12(15)6-5-11-9-25-14(17(11)13)7-8-29-22(30)20-18(28-23(29)31)19-21(33-20)27-16(24)10-26-19;/h2-4,10-11,14,17,25H,5-9H2,1H3,(H,28,31);1H/t11-,14?,17+;/m0./s1. The normalized spacial score (nSPS) is 21.3. The topological polar surface area (TPSA) is 102 Å². The molecule has 34 heavy (non-hydrogen) atoms. The van der Waals surface area contributed by atoms with Gasteiger partial charge in [-0.2, -0.15) is 0 Å². The molecular weight excluding hydrogens is 497 g/mol. The predicted molar refractivity (Wildman–Crippen MR) is 136 cm³/mol. The molecule has 4 heterocycles. The number of ether oxygens (including phenoxy) is 1. The van der Waals surface area contributed by atoms with E-state index in [0.717, 1.165) is 25.1 Å². The average Bonchev–Trinajstić information content (AvgIpc) is 3.39. The highest BCUT2D eigenvalue weighted by molar-refractivity contribution is 7.25. The van der Waals surface area contributed by atoms with E-state index in [0.29, 0.717) is 45.4 Å². The molecule has 0 amide bonds. The van der Waals surface area contributed by atoms with Crippen LogP contribution in [0, 0.1) is 5.92 Å². The second-order valence-electron chi connectivity index (χ2n) is 8.70. The summed E-state index contributed by atoms with van der Waals surface area (Å²) in [5.74, 6) is 1.85. The van der Waals surface area contributed by atoms with E-state index in [1.165, 1.54) is 33.2 Å². The summed E-state index contributed by atoms with van der Waals surface area (Å²) in [7, 11) is 1.72. The van der Waals surface area contributed by atoms with Gasteiger partial charge in [-0.15, -0.1) is 23.7 Å². The summed E-state index contributed by atoms with van der Waals surface area (Å²) < 4.78 is 7.34. The van der Waals surface area contributed by atoms with Crippen molar-refractivity contribution in [3.8, 4) is 5.75 Å². The Morgan fingerprint density at radius 2 is 2.18 bits per heavy atom. The Morgan fingerprint density at radius 1 is 1.32 bits per heavy atom. The number of H-pyrrole nitrogens is 1. The number of halogens is 2. The molecule has 1 fully saturated rings. The van der Waals surface area contributed by atoms with Gasteiger partial charge in [0.1, 0.15) is 25.9 Å². The zero-order valence-electron chi connectivity index (χ0n) is 18.3. The lowest BCUT2D eigenvalue weighted by atomic mass is 9.73. The van der Waals surface area contributed by atoms with Gasteiger partial charge < -0.3 is 15.0 Å². The van der Waals surface area contributed by atoms with Crippen LogP contribution >= 0.6 is 35.3 Å². The van der Waals surface area contributed by atoms with E-state index in [-0.39, 0.29) is 29.2 Å². The third-order valence-corrected chi connectivity index (χ3v) is 8.29. The minimum Gasteiger partial charge on any atom is -0.496 e. The molecule has 6 rings (SSSR count). The van der Waals surface area contributed by atoms with Crippen molar-refractivity contribution in [2.24, 2.45) is 5.92 Å². The fourth-order valence-corrected chi connectivity index (χ4v) is 6.80. The van der Waals surface area contributed by atoms with Gasteiger partial charge in [-0.3, -0.25) is 9.36 Å².